The van der Waals surface area contributed by atoms with E-state index >= 15 is 0 Å². The van der Waals surface area contributed by atoms with E-state index in [1.165, 1.54) is 12.1 Å². The molecule has 4 nitrogen and oxygen atoms in total. The number of alkyl halides is 3. The molecule has 2 N–H and O–H groups in total. The summed E-state index contributed by atoms with van der Waals surface area (Å²) in [5.41, 5.74) is 5.10. The fourth-order valence-electron chi connectivity index (χ4n) is 1.65. The van der Waals surface area contributed by atoms with Crippen molar-refractivity contribution in [2.75, 3.05) is 7.05 Å². The maximum absolute atomic E-state index is 12.5. The SMILES string of the molecule is CN(C(N)=NCc1cccc(C(F)(F)F)n1)C1CC1. The van der Waals surface area contributed by atoms with Crippen LogP contribution in [0.25, 0.3) is 0 Å². The average molecular weight is 272 g/mol. The number of hydrogen-bond acceptors (Lipinski definition) is 2. The number of rotatable bonds is 3. The van der Waals surface area contributed by atoms with Gasteiger partial charge < -0.3 is 10.6 Å². The Balaban J connectivity index is 2.04. The van der Waals surface area contributed by atoms with Gasteiger partial charge in [-0.15, -0.1) is 0 Å². The second-order valence-corrected chi connectivity index (χ2v) is 4.53. The van der Waals surface area contributed by atoms with E-state index < -0.39 is 11.9 Å². The number of nitrogens with zero attached hydrogens (tertiary/aromatic N) is 3. The number of halogens is 3. The van der Waals surface area contributed by atoms with Gasteiger partial charge in [-0.1, -0.05) is 6.07 Å². The van der Waals surface area contributed by atoms with Crippen LogP contribution in [0.15, 0.2) is 23.2 Å². The Labute approximate surface area is 109 Å². The number of guanidine groups is 1. The standard InChI is InChI=1S/C12H15F3N4/c1-19(9-5-6-9)11(16)17-7-8-3-2-4-10(18-8)12(13,14)15/h2-4,9H,5-7H2,1H3,(H2,16,17). The second kappa shape index (κ2) is 5.07. The van der Waals surface area contributed by atoms with Crippen LogP contribution in [-0.2, 0) is 12.7 Å². The molecule has 0 saturated heterocycles. The number of pyridine rings is 1. The van der Waals surface area contributed by atoms with Crippen LogP contribution in [0.1, 0.15) is 24.2 Å². The molecule has 0 bridgehead atoms. The van der Waals surface area contributed by atoms with Crippen LogP contribution >= 0.6 is 0 Å². The number of aliphatic imine (C=N–C) groups is 1. The molecule has 1 aromatic heterocycles. The summed E-state index contributed by atoms with van der Waals surface area (Å²) in [5.74, 6) is 0.335. The molecule has 19 heavy (non-hydrogen) atoms. The quantitative estimate of drug-likeness (QED) is 0.676. The van der Waals surface area contributed by atoms with E-state index in [-0.39, 0.29) is 12.2 Å². The van der Waals surface area contributed by atoms with E-state index in [2.05, 4.69) is 9.98 Å². The summed E-state index contributed by atoms with van der Waals surface area (Å²) >= 11 is 0. The number of hydrogen-bond donors (Lipinski definition) is 1. The molecule has 0 amide bonds. The lowest BCUT2D eigenvalue weighted by Gasteiger charge is -2.16. The molecule has 0 atom stereocenters. The molecule has 1 aromatic rings. The highest BCUT2D eigenvalue weighted by Gasteiger charge is 2.32. The van der Waals surface area contributed by atoms with Crippen molar-refractivity contribution in [2.24, 2.45) is 10.7 Å². The van der Waals surface area contributed by atoms with Crippen molar-refractivity contribution in [1.82, 2.24) is 9.88 Å². The van der Waals surface area contributed by atoms with Gasteiger partial charge in [0.2, 0.25) is 0 Å². The maximum atomic E-state index is 12.5. The Hall–Kier alpha value is -1.79. The maximum Gasteiger partial charge on any atom is 0.433 e. The Morgan fingerprint density at radius 2 is 2.16 bits per heavy atom. The van der Waals surface area contributed by atoms with E-state index in [4.69, 9.17) is 5.73 Å². The van der Waals surface area contributed by atoms with Crippen molar-refractivity contribution in [3.05, 3.63) is 29.6 Å². The minimum atomic E-state index is -4.43. The third-order valence-corrected chi connectivity index (χ3v) is 2.96. The van der Waals surface area contributed by atoms with Gasteiger partial charge in [0.1, 0.15) is 5.69 Å². The van der Waals surface area contributed by atoms with Crippen molar-refractivity contribution in [3.8, 4) is 0 Å². The molecule has 0 spiro atoms. The molecule has 1 saturated carbocycles. The first-order valence-electron chi connectivity index (χ1n) is 5.94. The fraction of sp³-hybridized carbons (Fsp3) is 0.500. The zero-order valence-electron chi connectivity index (χ0n) is 10.5. The third-order valence-electron chi connectivity index (χ3n) is 2.96. The van der Waals surface area contributed by atoms with Gasteiger partial charge in [-0.3, -0.25) is 0 Å². The highest BCUT2D eigenvalue weighted by Crippen LogP contribution is 2.27. The molecule has 1 fully saturated rings. The van der Waals surface area contributed by atoms with E-state index in [0.717, 1.165) is 18.9 Å². The molecule has 0 aromatic carbocycles. The van der Waals surface area contributed by atoms with Crippen LogP contribution in [0.3, 0.4) is 0 Å². The van der Waals surface area contributed by atoms with E-state index in [9.17, 15) is 13.2 Å². The lowest BCUT2D eigenvalue weighted by atomic mass is 10.3. The molecule has 104 valence electrons. The molecule has 0 unspecified atom stereocenters. The predicted octanol–water partition coefficient (Wildman–Crippen LogP) is 2.01. The summed E-state index contributed by atoms with van der Waals surface area (Å²) in [6.07, 6.45) is -2.28. The zero-order chi connectivity index (χ0) is 14.0. The van der Waals surface area contributed by atoms with Crippen LogP contribution in [0.4, 0.5) is 13.2 Å². The van der Waals surface area contributed by atoms with E-state index in [1.54, 1.807) is 0 Å². The van der Waals surface area contributed by atoms with Crippen molar-refractivity contribution in [3.63, 3.8) is 0 Å². The van der Waals surface area contributed by atoms with Crippen LogP contribution in [0, 0.1) is 0 Å². The van der Waals surface area contributed by atoms with Gasteiger partial charge in [-0.05, 0) is 25.0 Å². The average Bonchev–Trinajstić information content (AvgIpc) is 3.18. The zero-order valence-corrected chi connectivity index (χ0v) is 10.5. The molecule has 0 aliphatic heterocycles. The third kappa shape index (κ3) is 3.59. The largest absolute Gasteiger partial charge is 0.433 e. The van der Waals surface area contributed by atoms with Gasteiger partial charge in [0.05, 0.1) is 12.2 Å². The number of aromatic nitrogens is 1. The van der Waals surface area contributed by atoms with Gasteiger partial charge in [0.15, 0.2) is 5.96 Å². The first kappa shape index (κ1) is 13.6. The van der Waals surface area contributed by atoms with Crippen molar-refractivity contribution in [1.29, 1.82) is 0 Å². The lowest BCUT2D eigenvalue weighted by molar-refractivity contribution is -0.141. The van der Waals surface area contributed by atoms with Gasteiger partial charge in [-0.2, -0.15) is 13.2 Å². The van der Waals surface area contributed by atoms with Crippen molar-refractivity contribution >= 4 is 5.96 Å². The summed E-state index contributed by atoms with van der Waals surface area (Å²) in [6.45, 7) is 0.0484. The molecule has 1 heterocycles. The Morgan fingerprint density at radius 3 is 2.74 bits per heavy atom. The second-order valence-electron chi connectivity index (χ2n) is 4.53. The normalized spacial score (nSPS) is 16.5. The Morgan fingerprint density at radius 1 is 1.47 bits per heavy atom. The summed E-state index contributed by atoms with van der Waals surface area (Å²) in [4.78, 5) is 9.44. The fourth-order valence-corrected chi connectivity index (χ4v) is 1.65. The molecule has 1 aliphatic rings. The summed E-state index contributed by atoms with van der Waals surface area (Å²) < 4.78 is 37.4. The van der Waals surface area contributed by atoms with Crippen LogP contribution in [0.5, 0.6) is 0 Å². The molecular formula is C12H15F3N4. The molecule has 1 aliphatic carbocycles. The van der Waals surface area contributed by atoms with E-state index in [0.29, 0.717) is 12.0 Å². The minimum Gasteiger partial charge on any atom is -0.370 e. The minimum absolute atomic E-state index is 0.0484. The van der Waals surface area contributed by atoms with Gasteiger partial charge in [-0.25, -0.2) is 9.98 Å². The topological polar surface area (TPSA) is 54.5 Å². The molecular weight excluding hydrogens is 257 g/mol. The highest BCUT2D eigenvalue weighted by molar-refractivity contribution is 5.78. The van der Waals surface area contributed by atoms with E-state index in [1.807, 2.05) is 11.9 Å². The highest BCUT2D eigenvalue weighted by atomic mass is 19.4. The molecule has 0 radical (unpaired) electrons. The molecule has 7 heteroatoms. The monoisotopic (exact) mass is 272 g/mol. The predicted molar refractivity (Wildman–Crippen MR) is 65.4 cm³/mol. The summed E-state index contributed by atoms with van der Waals surface area (Å²) in [5, 5.41) is 0. The molecule has 2 rings (SSSR count). The van der Waals surface area contributed by atoms with Crippen molar-refractivity contribution < 1.29 is 13.2 Å². The van der Waals surface area contributed by atoms with Gasteiger partial charge in [0, 0.05) is 13.1 Å². The smallest absolute Gasteiger partial charge is 0.370 e. The first-order chi connectivity index (χ1) is 8.88. The van der Waals surface area contributed by atoms with Crippen LogP contribution in [-0.4, -0.2) is 28.9 Å². The van der Waals surface area contributed by atoms with Crippen molar-refractivity contribution in [2.45, 2.75) is 31.6 Å². The summed E-state index contributed by atoms with van der Waals surface area (Å²) in [7, 11) is 1.83. The number of nitrogens with two attached hydrogens (primary N) is 1. The Bertz CT molecular complexity index is 480. The Kier molecular flexibility index (Phi) is 3.64. The van der Waals surface area contributed by atoms with Crippen LogP contribution < -0.4 is 5.73 Å². The van der Waals surface area contributed by atoms with Gasteiger partial charge >= 0.3 is 6.18 Å². The first-order valence-corrected chi connectivity index (χ1v) is 5.94. The van der Waals surface area contributed by atoms with Crippen LogP contribution in [0.2, 0.25) is 0 Å². The van der Waals surface area contributed by atoms with Gasteiger partial charge in [0.25, 0.3) is 0 Å². The summed E-state index contributed by atoms with van der Waals surface area (Å²) in [6, 6.07) is 4.18. The lowest BCUT2D eigenvalue weighted by Crippen LogP contribution is -2.35.